The zero-order valence-electron chi connectivity index (χ0n) is 17.1. The van der Waals surface area contributed by atoms with Crippen LogP contribution in [0.1, 0.15) is 81.1 Å². The Kier molecular flexibility index (Phi) is 9.46. The lowest BCUT2D eigenvalue weighted by molar-refractivity contribution is 0.0515. The Balaban J connectivity index is 3.99. The van der Waals surface area contributed by atoms with Gasteiger partial charge in [-0.05, 0) is 51.9 Å². The minimum atomic E-state index is -0.464. The fourth-order valence-electron chi connectivity index (χ4n) is 2.41. The van der Waals surface area contributed by atoms with E-state index in [1.165, 1.54) is 6.42 Å². The van der Waals surface area contributed by atoms with Crippen LogP contribution in [0.15, 0.2) is 12.3 Å². The first-order chi connectivity index (χ1) is 10.9. The average Bonchev–Trinajstić information content (AvgIpc) is 2.41. The summed E-state index contributed by atoms with van der Waals surface area (Å²) in [6.45, 7) is 21.3. The molecule has 1 N–H and O–H groups in total. The van der Waals surface area contributed by atoms with E-state index in [2.05, 4.69) is 46.5 Å². The summed E-state index contributed by atoms with van der Waals surface area (Å²) < 4.78 is 11.1. The third-order valence-corrected chi connectivity index (χ3v) is 4.29. The Bertz CT molecular complexity index is 396. The number of rotatable bonds is 10. The third kappa shape index (κ3) is 11.4. The molecular weight excluding hydrogens is 302 g/mol. The first kappa shape index (κ1) is 22.8. The molecule has 0 aliphatic heterocycles. The van der Waals surface area contributed by atoms with Gasteiger partial charge in [-0.25, -0.2) is 4.79 Å². The topological polar surface area (TPSA) is 47.6 Å². The van der Waals surface area contributed by atoms with Gasteiger partial charge in [0.15, 0.2) is 0 Å². The maximum atomic E-state index is 11.5. The summed E-state index contributed by atoms with van der Waals surface area (Å²) in [5.41, 5.74) is -0.121. The summed E-state index contributed by atoms with van der Waals surface area (Å²) in [5.74, 6) is 1.27. The molecule has 0 fully saturated rings. The van der Waals surface area contributed by atoms with Gasteiger partial charge in [0.05, 0.1) is 11.9 Å². The monoisotopic (exact) mass is 341 g/mol. The highest BCUT2D eigenvalue weighted by Gasteiger charge is 2.23. The largest absolute Gasteiger partial charge is 0.495 e. The molecule has 2 unspecified atom stereocenters. The highest BCUT2D eigenvalue weighted by molar-refractivity contribution is 5.67. The Morgan fingerprint density at radius 3 is 2.25 bits per heavy atom. The van der Waals surface area contributed by atoms with Crippen molar-refractivity contribution >= 4 is 6.09 Å². The predicted molar refractivity (Wildman–Crippen MR) is 101 cm³/mol. The lowest BCUT2D eigenvalue weighted by Gasteiger charge is -2.30. The number of alkyl carbamates (subject to hydrolysis) is 1. The van der Waals surface area contributed by atoms with Crippen LogP contribution < -0.4 is 5.32 Å². The van der Waals surface area contributed by atoms with Crippen LogP contribution in [0.3, 0.4) is 0 Å². The summed E-state index contributed by atoms with van der Waals surface area (Å²) in [4.78, 5) is 11.5. The number of allylic oxidation sites excluding steroid dienone is 1. The zero-order valence-corrected chi connectivity index (χ0v) is 17.1. The molecule has 2 atom stereocenters. The SMILES string of the molecule is C=C(CCCNC(=O)OC(C)(C)C)OC(C)C(C)CC(C)(C)CC. The van der Waals surface area contributed by atoms with Gasteiger partial charge in [0.25, 0.3) is 0 Å². The molecule has 142 valence electrons. The molecule has 0 aromatic carbocycles. The van der Waals surface area contributed by atoms with Crippen LogP contribution >= 0.6 is 0 Å². The van der Waals surface area contributed by atoms with Crippen molar-refractivity contribution in [2.24, 2.45) is 11.3 Å². The van der Waals surface area contributed by atoms with Crippen LogP contribution in [0.2, 0.25) is 0 Å². The first-order valence-electron chi connectivity index (χ1n) is 9.17. The van der Waals surface area contributed by atoms with Crippen LogP contribution in [-0.2, 0) is 9.47 Å². The van der Waals surface area contributed by atoms with Gasteiger partial charge < -0.3 is 14.8 Å². The third-order valence-electron chi connectivity index (χ3n) is 4.29. The van der Waals surface area contributed by atoms with E-state index in [-0.39, 0.29) is 12.2 Å². The molecule has 0 aliphatic rings. The number of hydrogen-bond donors (Lipinski definition) is 1. The minimum absolute atomic E-state index is 0.155. The number of carbonyl (C=O) groups excluding carboxylic acids is 1. The average molecular weight is 342 g/mol. The molecule has 0 spiro atoms. The van der Waals surface area contributed by atoms with Gasteiger partial charge in [0.2, 0.25) is 0 Å². The minimum Gasteiger partial charge on any atom is -0.495 e. The summed E-state index contributed by atoms with van der Waals surface area (Å²) in [6.07, 6.45) is 3.61. The molecule has 1 amide bonds. The summed E-state index contributed by atoms with van der Waals surface area (Å²) >= 11 is 0. The fourth-order valence-corrected chi connectivity index (χ4v) is 2.41. The van der Waals surface area contributed by atoms with Crippen LogP contribution in [0.5, 0.6) is 0 Å². The van der Waals surface area contributed by atoms with Crippen LogP contribution in [0.4, 0.5) is 4.79 Å². The lowest BCUT2D eigenvalue weighted by atomic mass is 9.80. The maximum absolute atomic E-state index is 11.5. The summed E-state index contributed by atoms with van der Waals surface area (Å²) in [5, 5.41) is 2.75. The molecule has 0 radical (unpaired) electrons. The first-order valence-corrected chi connectivity index (χ1v) is 9.17. The van der Waals surface area contributed by atoms with Crippen LogP contribution in [0, 0.1) is 11.3 Å². The number of amides is 1. The molecule has 0 heterocycles. The van der Waals surface area contributed by atoms with Gasteiger partial charge in [-0.15, -0.1) is 0 Å². The number of hydrogen-bond acceptors (Lipinski definition) is 3. The Morgan fingerprint density at radius 2 is 1.75 bits per heavy atom. The molecular formula is C20H39NO3. The molecule has 0 bridgehead atoms. The molecule has 4 nitrogen and oxygen atoms in total. The second-order valence-corrected chi connectivity index (χ2v) is 8.59. The molecule has 24 heavy (non-hydrogen) atoms. The molecule has 0 rings (SSSR count). The summed E-state index contributed by atoms with van der Waals surface area (Å²) in [7, 11) is 0. The second kappa shape index (κ2) is 9.95. The molecule has 0 saturated heterocycles. The standard InChI is InChI=1S/C20H39NO3/c1-10-20(8,9)14-15(2)17(4)23-16(3)12-11-13-21-18(22)24-19(5,6)7/h15,17H,3,10-14H2,1-2,4-9H3,(H,21,22). The van der Waals surface area contributed by atoms with Crippen molar-refractivity contribution in [2.45, 2.75) is 92.8 Å². The van der Waals surface area contributed by atoms with E-state index in [4.69, 9.17) is 9.47 Å². The highest BCUT2D eigenvalue weighted by atomic mass is 16.6. The van der Waals surface area contributed by atoms with Crippen LogP contribution in [0.25, 0.3) is 0 Å². The van der Waals surface area contributed by atoms with Crippen molar-refractivity contribution in [1.29, 1.82) is 0 Å². The van der Waals surface area contributed by atoms with Crippen molar-refractivity contribution in [3.8, 4) is 0 Å². The van der Waals surface area contributed by atoms with Crippen LogP contribution in [-0.4, -0.2) is 24.3 Å². The zero-order chi connectivity index (χ0) is 19.0. The predicted octanol–water partition coefficient (Wildman–Crippen LogP) is 5.67. The van der Waals surface area contributed by atoms with Gasteiger partial charge >= 0.3 is 6.09 Å². The van der Waals surface area contributed by atoms with E-state index in [1.807, 2.05) is 20.8 Å². The molecule has 4 heteroatoms. The normalized spacial score (nSPS) is 14.7. The number of carbonyl (C=O) groups is 1. The Labute approximate surface area is 149 Å². The van der Waals surface area contributed by atoms with Crippen molar-refractivity contribution < 1.29 is 14.3 Å². The smallest absolute Gasteiger partial charge is 0.407 e. The molecule has 0 aromatic rings. The second-order valence-electron chi connectivity index (χ2n) is 8.59. The molecule has 0 aromatic heterocycles. The quantitative estimate of drug-likeness (QED) is 0.411. The van der Waals surface area contributed by atoms with Gasteiger partial charge in [-0.3, -0.25) is 0 Å². The van der Waals surface area contributed by atoms with Gasteiger partial charge in [-0.1, -0.05) is 40.7 Å². The van der Waals surface area contributed by atoms with E-state index in [0.29, 0.717) is 17.9 Å². The van der Waals surface area contributed by atoms with E-state index in [0.717, 1.165) is 25.0 Å². The van der Waals surface area contributed by atoms with E-state index in [1.54, 1.807) is 0 Å². The number of nitrogens with one attached hydrogen (secondary N) is 1. The molecule has 0 aliphatic carbocycles. The summed E-state index contributed by atoms with van der Waals surface area (Å²) in [6, 6.07) is 0. The van der Waals surface area contributed by atoms with E-state index in [9.17, 15) is 4.79 Å². The van der Waals surface area contributed by atoms with Crippen molar-refractivity contribution in [3.05, 3.63) is 12.3 Å². The highest BCUT2D eigenvalue weighted by Crippen LogP contribution is 2.31. The molecule has 0 saturated carbocycles. The van der Waals surface area contributed by atoms with Crippen molar-refractivity contribution in [2.75, 3.05) is 6.54 Å². The van der Waals surface area contributed by atoms with Gasteiger partial charge in [-0.2, -0.15) is 0 Å². The van der Waals surface area contributed by atoms with Gasteiger partial charge in [0, 0.05) is 13.0 Å². The fraction of sp³-hybridized carbons (Fsp3) is 0.850. The number of ether oxygens (including phenoxy) is 2. The van der Waals surface area contributed by atoms with E-state index < -0.39 is 5.60 Å². The Hall–Kier alpha value is -1.19. The van der Waals surface area contributed by atoms with Crippen molar-refractivity contribution in [3.63, 3.8) is 0 Å². The Morgan fingerprint density at radius 1 is 1.17 bits per heavy atom. The maximum Gasteiger partial charge on any atom is 0.407 e. The van der Waals surface area contributed by atoms with Crippen molar-refractivity contribution in [1.82, 2.24) is 5.32 Å². The van der Waals surface area contributed by atoms with E-state index >= 15 is 0 Å². The van der Waals surface area contributed by atoms with Gasteiger partial charge in [0.1, 0.15) is 5.60 Å². The lowest BCUT2D eigenvalue weighted by Crippen LogP contribution is -2.33.